The number of hydrogen-bond donors (Lipinski definition) is 3. The third-order valence-corrected chi connectivity index (χ3v) is 15.8. The van der Waals surface area contributed by atoms with E-state index < -0.39 is 97.5 Å². The van der Waals surface area contributed by atoms with E-state index >= 15 is 0 Å². The van der Waals surface area contributed by atoms with Crippen LogP contribution >= 0.6 is 15.6 Å². The van der Waals surface area contributed by atoms with Gasteiger partial charge in [-0.3, -0.25) is 37.3 Å². The maximum Gasteiger partial charge on any atom is 0.472 e. The average molecular weight is 1210 g/mol. The molecular formula is C63H118O17P2. The highest BCUT2D eigenvalue weighted by Gasteiger charge is 2.30. The molecule has 0 fully saturated rings. The van der Waals surface area contributed by atoms with Crippen molar-refractivity contribution < 1.29 is 80.2 Å². The Morgan fingerprint density at radius 2 is 0.659 bits per heavy atom. The first kappa shape index (κ1) is 79.5. The number of aliphatic hydroxyl groups excluding tert-OH is 1. The molecule has 0 aliphatic carbocycles. The summed E-state index contributed by atoms with van der Waals surface area (Å²) in [5, 5.41) is 10.5. The van der Waals surface area contributed by atoms with E-state index in [-0.39, 0.29) is 25.7 Å². The molecule has 0 aromatic carbocycles. The molecule has 3 N–H and O–H groups in total. The summed E-state index contributed by atoms with van der Waals surface area (Å²) in [7, 11) is -9.89. The normalized spacial score (nSPS) is 14.5. The lowest BCUT2D eigenvalue weighted by molar-refractivity contribution is -0.161. The molecule has 5 atom stereocenters. The van der Waals surface area contributed by atoms with E-state index in [1.165, 1.54) is 96.3 Å². The zero-order chi connectivity index (χ0) is 60.6. The van der Waals surface area contributed by atoms with Crippen molar-refractivity contribution >= 4 is 39.5 Å². The van der Waals surface area contributed by atoms with Crippen LogP contribution in [0.1, 0.15) is 291 Å². The second-order valence-corrected chi connectivity index (χ2v) is 25.5. The Bertz CT molecular complexity index is 1690. The summed E-state index contributed by atoms with van der Waals surface area (Å²) < 4.78 is 67.8. The number of carbonyl (C=O) groups is 4. The highest BCUT2D eigenvalue weighted by Crippen LogP contribution is 2.45. The molecule has 482 valence electrons. The predicted octanol–water partition coefficient (Wildman–Crippen LogP) is 17.0. The Morgan fingerprint density at radius 1 is 0.378 bits per heavy atom. The number of esters is 4. The Balaban J connectivity index is 5.25. The molecule has 0 bridgehead atoms. The van der Waals surface area contributed by atoms with Crippen LogP contribution in [0.3, 0.4) is 0 Å². The van der Waals surface area contributed by atoms with Crippen LogP contribution in [-0.4, -0.2) is 96.7 Å². The molecule has 82 heavy (non-hydrogen) atoms. The quantitative estimate of drug-likeness (QED) is 0.0169. The number of aliphatic hydroxyl groups is 1. The third-order valence-electron chi connectivity index (χ3n) is 13.9. The number of phosphoric ester groups is 2. The summed E-state index contributed by atoms with van der Waals surface area (Å²) in [6, 6.07) is 0. The van der Waals surface area contributed by atoms with Gasteiger partial charge in [0, 0.05) is 25.7 Å². The van der Waals surface area contributed by atoms with Crippen LogP contribution in [0.4, 0.5) is 0 Å². The highest BCUT2D eigenvalue weighted by atomic mass is 31.2. The van der Waals surface area contributed by atoms with Crippen molar-refractivity contribution in [1.29, 1.82) is 0 Å². The van der Waals surface area contributed by atoms with Gasteiger partial charge in [0.1, 0.15) is 19.3 Å². The van der Waals surface area contributed by atoms with Gasteiger partial charge in [0.05, 0.1) is 26.4 Å². The van der Waals surface area contributed by atoms with Gasteiger partial charge in [-0.25, -0.2) is 9.13 Å². The van der Waals surface area contributed by atoms with Gasteiger partial charge in [-0.15, -0.1) is 0 Å². The molecule has 0 rings (SSSR count). The van der Waals surface area contributed by atoms with Crippen LogP contribution < -0.4 is 0 Å². The SMILES string of the molecule is CCCCCC/C=C\C=C/CCCCCCCC(=O)O[C@H](COC(=O)CCCCCCCCCCCC)COP(=O)(O)OC[C@@H](O)COP(=O)(O)OC[C@@H](COC(=O)CCCCCCCCCC)OC(=O)CCCCCCCCC(C)C. The van der Waals surface area contributed by atoms with Crippen LogP contribution in [0.5, 0.6) is 0 Å². The van der Waals surface area contributed by atoms with E-state index in [0.717, 1.165) is 109 Å². The lowest BCUT2D eigenvalue weighted by Crippen LogP contribution is -2.30. The molecule has 0 aromatic heterocycles. The Labute approximate surface area is 497 Å². The molecule has 19 heteroatoms. The van der Waals surface area contributed by atoms with E-state index in [9.17, 15) is 43.2 Å². The van der Waals surface area contributed by atoms with Crippen LogP contribution in [0, 0.1) is 5.92 Å². The van der Waals surface area contributed by atoms with E-state index in [1.54, 1.807) is 0 Å². The average Bonchev–Trinajstić information content (AvgIpc) is 3.45. The van der Waals surface area contributed by atoms with E-state index in [2.05, 4.69) is 58.9 Å². The second kappa shape index (κ2) is 56.4. The van der Waals surface area contributed by atoms with Crippen molar-refractivity contribution in [3.8, 4) is 0 Å². The van der Waals surface area contributed by atoms with Gasteiger partial charge in [0.25, 0.3) is 0 Å². The summed E-state index contributed by atoms with van der Waals surface area (Å²) in [4.78, 5) is 72.0. The maximum atomic E-state index is 13.0. The highest BCUT2D eigenvalue weighted by molar-refractivity contribution is 7.47. The largest absolute Gasteiger partial charge is 0.472 e. The summed E-state index contributed by atoms with van der Waals surface area (Å²) in [5.74, 6) is -1.50. The first-order chi connectivity index (χ1) is 39.5. The first-order valence-electron chi connectivity index (χ1n) is 32.5. The molecule has 17 nitrogen and oxygen atoms in total. The number of phosphoric acid groups is 2. The van der Waals surface area contributed by atoms with Gasteiger partial charge in [-0.2, -0.15) is 0 Å². The van der Waals surface area contributed by atoms with E-state index in [1.807, 2.05) is 0 Å². The first-order valence-corrected chi connectivity index (χ1v) is 35.4. The van der Waals surface area contributed by atoms with Gasteiger partial charge >= 0.3 is 39.5 Å². The molecule has 0 radical (unpaired) electrons. The molecule has 0 amide bonds. The summed E-state index contributed by atoms with van der Waals surface area (Å²) >= 11 is 0. The van der Waals surface area contributed by atoms with Crippen molar-refractivity contribution in [3.63, 3.8) is 0 Å². The van der Waals surface area contributed by atoms with Crippen LogP contribution in [0.25, 0.3) is 0 Å². The van der Waals surface area contributed by atoms with Gasteiger partial charge < -0.3 is 33.8 Å². The van der Waals surface area contributed by atoms with Crippen molar-refractivity contribution in [2.75, 3.05) is 39.6 Å². The third kappa shape index (κ3) is 56.7. The van der Waals surface area contributed by atoms with Crippen LogP contribution in [0.15, 0.2) is 24.3 Å². The lowest BCUT2D eigenvalue weighted by atomic mass is 10.0. The fourth-order valence-corrected chi connectivity index (χ4v) is 10.4. The molecular weight excluding hydrogens is 1090 g/mol. The fourth-order valence-electron chi connectivity index (χ4n) is 8.87. The van der Waals surface area contributed by atoms with Crippen LogP contribution in [-0.2, 0) is 65.4 Å². The molecule has 0 saturated heterocycles. The standard InChI is InChI=1S/C63H118O17P2/c1-6-9-12-15-18-21-23-24-25-26-27-29-32-38-43-48-62(67)79-58(52-74-61(66)47-42-37-31-28-22-19-16-13-10-7-2)54-77-81(69,70)75-50-57(64)51-76-82(71,72)78-55-59(53-73-60(65)46-41-36-30-20-17-14-11-8-3)80-63(68)49-44-39-34-33-35-40-45-56(4)5/h21,23-25,56-59,64H,6-20,22,26-55H2,1-5H3,(H,69,70)(H,71,72)/b23-21-,25-24-/t57-,58-,59-/m1/s1. The molecule has 0 aliphatic rings. The molecule has 0 spiro atoms. The van der Waals surface area contributed by atoms with Crippen molar-refractivity contribution in [1.82, 2.24) is 0 Å². The van der Waals surface area contributed by atoms with Gasteiger partial charge in [-0.05, 0) is 57.3 Å². The summed E-state index contributed by atoms with van der Waals surface area (Å²) in [6.45, 7) is 6.99. The molecule has 0 heterocycles. The van der Waals surface area contributed by atoms with E-state index in [0.29, 0.717) is 31.6 Å². The molecule has 0 aromatic rings. The number of ether oxygens (including phenoxy) is 4. The summed E-state index contributed by atoms with van der Waals surface area (Å²) in [6.07, 6.45) is 42.7. The van der Waals surface area contributed by atoms with Crippen LogP contribution in [0.2, 0.25) is 0 Å². The predicted molar refractivity (Wildman–Crippen MR) is 326 cm³/mol. The topological polar surface area (TPSA) is 237 Å². The Morgan fingerprint density at radius 3 is 1.00 bits per heavy atom. The summed E-state index contributed by atoms with van der Waals surface area (Å²) in [5.41, 5.74) is 0. The monoisotopic (exact) mass is 1210 g/mol. The smallest absolute Gasteiger partial charge is 0.462 e. The number of carbonyl (C=O) groups excluding carboxylic acids is 4. The number of allylic oxidation sites excluding steroid dienone is 4. The van der Waals surface area contributed by atoms with Gasteiger partial charge in [0.15, 0.2) is 12.2 Å². The minimum absolute atomic E-state index is 0.0848. The number of hydrogen-bond acceptors (Lipinski definition) is 15. The van der Waals surface area contributed by atoms with Crippen molar-refractivity contribution in [2.45, 2.75) is 310 Å². The molecule has 0 saturated carbocycles. The van der Waals surface area contributed by atoms with Gasteiger partial charge in [0.2, 0.25) is 0 Å². The van der Waals surface area contributed by atoms with E-state index in [4.69, 9.17) is 37.0 Å². The molecule has 2 unspecified atom stereocenters. The Hall–Kier alpha value is -2.46. The Kier molecular flexibility index (Phi) is 54.7. The molecule has 0 aliphatic heterocycles. The fraction of sp³-hybridized carbons (Fsp3) is 0.873. The maximum absolute atomic E-state index is 13.0. The van der Waals surface area contributed by atoms with Crippen molar-refractivity contribution in [2.24, 2.45) is 5.92 Å². The number of rotatable bonds is 61. The number of unbranched alkanes of at least 4 members (excludes halogenated alkanes) is 30. The zero-order valence-corrected chi connectivity index (χ0v) is 53.9. The van der Waals surface area contributed by atoms with Crippen molar-refractivity contribution in [3.05, 3.63) is 24.3 Å². The van der Waals surface area contributed by atoms with Gasteiger partial charge in [-0.1, -0.05) is 239 Å². The minimum atomic E-state index is -4.95. The lowest BCUT2D eigenvalue weighted by Gasteiger charge is -2.21. The minimum Gasteiger partial charge on any atom is -0.462 e. The second-order valence-electron chi connectivity index (χ2n) is 22.6. The zero-order valence-electron chi connectivity index (χ0n) is 52.1.